The Morgan fingerprint density at radius 2 is 2.17 bits per heavy atom. The Bertz CT molecular complexity index is 171. The molecule has 12 heavy (non-hydrogen) atoms. The lowest BCUT2D eigenvalue weighted by molar-refractivity contribution is 0.397. The normalized spacial score (nSPS) is 17.4. The van der Waals surface area contributed by atoms with E-state index in [9.17, 15) is 9.12 Å². The first kappa shape index (κ1) is 12.8. The Hall–Kier alpha value is 0.810. The van der Waals surface area contributed by atoms with Crippen molar-refractivity contribution >= 4 is 29.4 Å². The first-order valence-corrected chi connectivity index (χ1v) is 8.02. The summed E-state index contributed by atoms with van der Waals surface area (Å²) in [6, 6.07) is 0. The second kappa shape index (κ2) is 5.52. The molecule has 0 aliphatic rings. The summed E-state index contributed by atoms with van der Waals surface area (Å²) in [5.41, 5.74) is 0. The highest BCUT2D eigenvalue weighted by molar-refractivity contribution is 8.54. The van der Waals surface area contributed by atoms with Crippen molar-refractivity contribution in [3.63, 3.8) is 0 Å². The minimum atomic E-state index is -4.01. The van der Waals surface area contributed by atoms with Crippen LogP contribution in [0.15, 0.2) is 0 Å². The van der Waals surface area contributed by atoms with E-state index in [2.05, 4.69) is 0 Å². The summed E-state index contributed by atoms with van der Waals surface area (Å²) < 4.78 is 21.4. The molecule has 4 nitrogen and oxygen atoms in total. The first-order chi connectivity index (χ1) is 5.35. The van der Waals surface area contributed by atoms with Gasteiger partial charge in [-0.05, 0) is 25.2 Å². The van der Waals surface area contributed by atoms with Crippen LogP contribution in [0.4, 0.5) is 0 Å². The minimum absolute atomic E-state index is 0.258. The standard InChI is InChI=1S/C5H13O4PS2/c1-3-12(9)4-5(2)11-10(6,7)8/h5H,3-4H2,1-2H3,(H2,6,7,8). The van der Waals surface area contributed by atoms with Gasteiger partial charge in [-0.15, -0.1) is 0 Å². The highest BCUT2D eigenvalue weighted by atomic mass is 32.7. The lowest BCUT2D eigenvalue weighted by Crippen LogP contribution is -2.16. The van der Waals surface area contributed by atoms with Crippen LogP contribution >= 0.6 is 18.2 Å². The predicted molar refractivity (Wildman–Crippen MR) is 52.6 cm³/mol. The summed E-state index contributed by atoms with van der Waals surface area (Å²) in [7, 11) is 0. The van der Waals surface area contributed by atoms with E-state index in [1.165, 1.54) is 0 Å². The Kier molecular flexibility index (Phi) is 5.89. The van der Waals surface area contributed by atoms with Gasteiger partial charge in [-0.2, -0.15) is 0 Å². The number of hydrogen-bond acceptors (Lipinski definition) is 3. The van der Waals surface area contributed by atoms with Crippen molar-refractivity contribution in [3.8, 4) is 0 Å². The van der Waals surface area contributed by atoms with Crippen LogP contribution in [0.5, 0.6) is 0 Å². The average molecular weight is 232 g/mol. The van der Waals surface area contributed by atoms with Crippen LogP contribution in [0.25, 0.3) is 0 Å². The quantitative estimate of drug-likeness (QED) is 0.545. The van der Waals surface area contributed by atoms with Gasteiger partial charge in [0.2, 0.25) is 0 Å². The van der Waals surface area contributed by atoms with Gasteiger partial charge < -0.3 is 14.3 Å². The maximum Gasteiger partial charge on any atom is 0.384 e. The fourth-order valence-electron chi connectivity index (χ4n) is 0.644. The molecule has 0 radical (unpaired) electrons. The third-order valence-electron chi connectivity index (χ3n) is 1.06. The van der Waals surface area contributed by atoms with Crippen LogP contribution in [0, 0.1) is 0 Å². The van der Waals surface area contributed by atoms with Crippen LogP contribution in [0.2, 0.25) is 0 Å². The van der Waals surface area contributed by atoms with Gasteiger partial charge in [-0.1, -0.05) is 11.2 Å². The lowest BCUT2D eigenvalue weighted by atomic mass is 10.6. The molecular weight excluding hydrogens is 219 g/mol. The molecule has 2 unspecified atom stereocenters. The molecule has 0 fully saturated rings. The Balaban J connectivity index is 3.74. The molecule has 0 saturated heterocycles. The molecule has 0 spiro atoms. The molecule has 0 rings (SSSR count). The van der Waals surface area contributed by atoms with Gasteiger partial charge in [-0.3, -0.25) is 0 Å². The smallest absolute Gasteiger partial charge is 0.384 e. The first-order valence-electron chi connectivity index (χ1n) is 3.44. The van der Waals surface area contributed by atoms with Gasteiger partial charge in [0.05, 0.1) is 5.25 Å². The zero-order valence-corrected chi connectivity index (χ0v) is 9.49. The van der Waals surface area contributed by atoms with Crippen molar-refractivity contribution < 1.29 is 18.9 Å². The lowest BCUT2D eigenvalue weighted by Gasteiger charge is -2.14. The monoisotopic (exact) mass is 232 g/mol. The van der Waals surface area contributed by atoms with Crippen LogP contribution in [-0.2, 0) is 15.7 Å². The van der Waals surface area contributed by atoms with Gasteiger partial charge in [-0.25, -0.2) is 4.57 Å². The summed E-state index contributed by atoms with van der Waals surface area (Å²) in [5, 5.41) is -0.258. The Labute approximate surface area is 79.2 Å². The van der Waals surface area contributed by atoms with Crippen molar-refractivity contribution in [3.05, 3.63) is 0 Å². The van der Waals surface area contributed by atoms with Gasteiger partial charge in [0.1, 0.15) is 11.5 Å². The predicted octanol–water partition coefficient (Wildman–Crippen LogP) is 0.969. The highest BCUT2D eigenvalue weighted by Gasteiger charge is 2.22. The van der Waals surface area contributed by atoms with Crippen LogP contribution in [0.3, 0.4) is 0 Å². The molecule has 0 aromatic heterocycles. The summed E-state index contributed by atoms with van der Waals surface area (Å²) in [5.74, 6) is 0.873. The summed E-state index contributed by atoms with van der Waals surface area (Å²) >= 11 is -0.382. The maximum absolute atomic E-state index is 11.0. The van der Waals surface area contributed by atoms with Gasteiger partial charge >= 0.3 is 6.80 Å². The zero-order valence-electron chi connectivity index (χ0n) is 6.97. The van der Waals surface area contributed by atoms with Crippen molar-refractivity contribution in [2.45, 2.75) is 19.1 Å². The van der Waals surface area contributed by atoms with E-state index in [1.807, 2.05) is 0 Å². The third kappa shape index (κ3) is 7.46. The second-order valence-corrected chi connectivity index (χ2v) is 8.15. The molecule has 2 atom stereocenters. The topological polar surface area (TPSA) is 80.6 Å². The van der Waals surface area contributed by atoms with Gasteiger partial charge in [0.15, 0.2) is 0 Å². The van der Waals surface area contributed by atoms with E-state index in [4.69, 9.17) is 9.79 Å². The van der Waals surface area contributed by atoms with E-state index >= 15 is 0 Å². The van der Waals surface area contributed by atoms with Crippen molar-refractivity contribution in [1.82, 2.24) is 0 Å². The highest BCUT2D eigenvalue weighted by Crippen LogP contribution is 2.52. The van der Waals surface area contributed by atoms with E-state index in [0.717, 1.165) is 0 Å². The molecular formula is C5H13O4PS2. The fraction of sp³-hybridized carbons (Fsp3) is 1.00. The largest absolute Gasteiger partial charge is 0.616 e. The Morgan fingerprint density at radius 3 is 2.50 bits per heavy atom. The van der Waals surface area contributed by atoms with Crippen molar-refractivity contribution in [2.24, 2.45) is 0 Å². The zero-order chi connectivity index (χ0) is 9.78. The van der Waals surface area contributed by atoms with Crippen LogP contribution in [0.1, 0.15) is 13.8 Å². The third-order valence-corrected chi connectivity index (χ3v) is 5.49. The van der Waals surface area contributed by atoms with Crippen LogP contribution in [-0.4, -0.2) is 31.1 Å². The van der Waals surface area contributed by atoms with E-state index < -0.39 is 18.0 Å². The molecule has 0 bridgehead atoms. The van der Waals surface area contributed by atoms with E-state index in [0.29, 0.717) is 22.9 Å². The maximum atomic E-state index is 11.0. The molecule has 74 valence electrons. The fourth-order valence-corrected chi connectivity index (χ4v) is 4.53. The van der Waals surface area contributed by atoms with E-state index in [1.54, 1.807) is 13.8 Å². The molecule has 0 aliphatic carbocycles. The second-order valence-electron chi connectivity index (χ2n) is 2.30. The molecule has 0 amide bonds. The Morgan fingerprint density at radius 1 is 1.67 bits per heavy atom. The average Bonchev–Trinajstić information content (AvgIpc) is 1.82. The number of rotatable bonds is 5. The SMILES string of the molecule is CC[S+]([O-])CC(C)SP(=O)(O)O. The molecule has 7 heteroatoms. The molecule has 0 aromatic carbocycles. The molecule has 0 saturated carbocycles. The number of hydrogen-bond donors (Lipinski definition) is 2. The summed E-state index contributed by atoms with van der Waals surface area (Å²) in [6.07, 6.45) is 0. The molecule has 2 N–H and O–H groups in total. The van der Waals surface area contributed by atoms with Gasteiger partial charge in [0, 0.05) is 0 Å². The van der Waals surface area contributed by atoms with Crippen molar-refractivity contribution in [1.29, 1.82) is 0 Å². The van der Waals surface area contributed by atoms with Gasteiger partial charge in [0.25, 0.3) is 0 Å². The van der Waals surface area contributed by atoms with E-state index in [-0.39, 0.29) is 5.25 Å². The van der Waals surface area contributed by atoms with Crippen molar-refractivity contribution in [2.75, 3.05) is 11.5 Å². The summed E-state index contributed by atoms with van der Waals surface area (Å²) in [4.78, 5) is 17.1. The molecule has 0 aromatic rings. The summed E-state index contributed by atoms with van der Waals surface area (Å²) in [6.45, 7) is -0.560. The van der Waals surface area contributed by atoms with Crippen LogP contribution < -0.4 is 0 Å². The minimum Gasteiger partial charge on any atom is -0.616 e. The molecule has 0 heterocycles. The molecule has 0 aliphatic heterocycles.